The molecular weight excluding hydrogens is 264 g/mol. The topological polar surface area (TPSA) is 48.9 Å². The molecule has 1 aliphatic rings. The number of ether oxygens (including phenoxy) is 1. The standard InChI is InChI=1S/C16H26N4O/c1-3-17-16(18-10-12-21-2)19-14-9-11-20(13-14)15-7-5-4-6-8-15/h4-8,14H,3,9-13H2,1-2H3,(H2,17,18,19). The fourth-order valence-electron chi connectivity index (χ4n) is 2.51. The molecule has 116 valence electrons. The van der Waals surface area contributed by atoms with E-state index in [2.05, 4.69) is 57.8 Å². The molecule has 1 fully saturated rings. The van der Waals surface area contributed by atoms with E-state index in [0.717, 1.165) is 32.0 Å². The molecule has 1 aromatic rings. The molecule has 1 unspecified atom stereocenters. The highest BCUT2D eigenvalue weighted by Gasteiger charge is 2.23. The highest BCUT2D eigenvalue weighted by atomic mass is 16.5. The zero-order chi connectivity index (χ0) is 14.9. The summed E-state index contributed by atoms with van der Waals surface area (Å²) in [6.45, 7) is 6.38. The lowest BCUT2D eigenvalue weighted by molar-refractivity contribution is 0.208. The van der Waals surface area contributed by atoms with Crippen molar-refractivity contribution in [2.45, 2.75) is 19.4 Å². The number of hydrogen-bond donors (Lipinski definition) is 2. The summed E-state index contributed by atoms with van der Waals surface area (Å²) in [6.07, 6.45) is 1.13. The van der Waals surface area contributed by atoms with Crippen LogP contribution in [-0.2, 0) is 4.74 Å². The summed E-state index contributed by atoms with van der Waals surface area (Å²) in [4.78, 5) is 6.93. The molecule has 0 radical (unpaired) electrons. The number of rotatable bonds is 6. The molecule has 0 aliphatic carbocycles. The minimum atomic E-state index is 0.436. The van der Waals surface area contributed by atoms with E-state index in [1.807, 2.05) is 0 Å². The van der Waals surface area contributed by atoms with Crippen molar-refractivity contribution in [1.82, 2.24) is 10.6 Å². The summed E-state index contributed by atoms with van der Waals surface area (Å²) >= 11 is 0. The number of para-hydroxylation sites is 1. The number of methoxy groups -OCH3 is 1. The van der Waals surface area contributed by atoms with E-state index in [-0.39, 0.29) is 0 Å². The molecule has 5 heteroatoms. The van der Waals surface area contributed by atoms with Crippen LogP contribution < -0.4 is 15.5 Å². The van der Waals surface area contributed by atoms with Crippen LogP contribution in [0.25, 0.3) is 0 Å². The van der Waals surface area contributed by atoms with Crippen molar-refractivity contribution in [3.8, 4) is 0 Å². The van der Waals surface area contributed by atoms with Gasteiger partial charge in [-0.2, -0.15) is 0 Å². The highest BCUT2D eigenvalue weighted by Crippen LogP contribution is 2.19. The molecule has 1 saturated heterocycles. The summed E-state index contributed by atoms with van der Waals surface area (Å²) in [5.74, 6) is 0.884. The summed E-state index contributed by atoms with van der Waals surface area (Å²) in [5.41, 5.74) is 1.29. The molecule has 0 amide bonds. The quantitative estimate of drug-likeness (QED) is 0.473. The lowest BCUT2D eigenvalue weighted by Crippen LogP contribution is -2.44. The normalized spacial score (nSPS) is 18.9. The van der Waals surface area contributed by atoms with Crippen molar-refractivity contribution < 1.29 is 4.74 Å². The van der Waals surface area contributed by atoms with Crippen LogP contribution in [0.2, 0.25) is 0 Å². The third kappa shape index (κ3) is 4.93. The fraction of sp³-hybridized carbons (Fsp3) is 0.562. The monoisotopic (exact) mass is 290 g/mol. The Morgan fingerprint density at radius 3 is 2.90 bits per heavy atom. The molecule has 21 heavy (non-hydrogen) atoms. The lowest BCUT2D eigenvalue weighted by Gasteiger charge is -2.20. The van der Waals surface area contributed by atoms with Gasteiger partial charge < -0.3 is 20.3 Å². The van der Waals surface area contributed by atoms with Crippen LogP contribution in [0.3, 0.4) is 0 Å². The molecule has 0 aromatic heterocycles. The predicted molar refractivity (Wildman–Crippen MR) is 88.1 cm³/mol. The van der Waals surface area contributed by atoms with Crippen LogP contribution in [0.15, 0.2) is 35.3 Å². The third-order valence-corrected chi connectivity index (χ3v) is 3.56. The maximum Gasteiger partial charge on any atom is 0.191 e. The second kappa shape index (κ2) is 8.52. The predicted octanol–water partition coefficient (Wildman–Crippen LogP) is 1.47. The Kier molecular flexibility index (Phi) is 6.34. The maximum absolute atomic E-state index is 5.04. The minimum Gasteiger partial charge on any atom is -0.383 e. The first-order valence-electron chi connectivity index (χ1n) is 7.67. The van der Waals surface area contributed by atoms with Crippen LogP contribution in [-0.4, -0.2) is 51.9 Å². The zero-order valence-corrected chi connectivity index (χ0v) is 13.0. The number of nitrogens with zero attached hydrogens (tertiary/aromatic N) is 2. The van der Waals surface area contributed by atoms with E-state index in [1.54, 1.807) is 7.11 Å². The number of aliphatic imine (C=N–C) groups is 1. The van der Waals surface area contributed by atoms with Crippen LogP contribution in [0.5, 0.6) is 0 Å². The average molecular weight is 290 g/mol. The molecular formula is C16H26N4O. The van der Waals surface area contributed by atoms with Gasteiger partial charge in [0, 0.05) is 38.5 Å². The van der Waals surface area contributed by atoms with Crippen molar-refractivity contribution in [3.05, 3.63) is 30.3 Å². The summed E-state index contributed by atoms with van der Waals surface area (Å²) in [6, 6.07) is 11.0. The molecule has 1 atom stereocenters. The van der Waals surface area contributed by atoms with Crippen molar-refractivity contribution >= 4 is 11.6 Å². The van der Waals surface area contributed by atoms with E-state index < -0.39 is 0 Å². The van der Waals surface area contributed by atoms with E-state index >= 15 is 0 Å². The highest BCUT2D eigenvalue weighted by molar-refractivity contribution is 5.80. The summed E-state index contributed by atoms with van der Waals surface area (Å²) < 4.78 is 5.04. The van der Waals surface area contributed by atoms with E-state index in [4.69, 9.17) is 4.74 Å². The lowest BCUT2D eigenvalue weighted by atomic mass is 10.3. The zero-order valence-electron chi connectivity index (χ0n) is 13.0. The van der Waals surface area contributed by atoms with E-state index in [9.17, 15) is 0 Å². The Morgan fingerprint density at radius 2 is 2.19 bits per heavy atom. The number of hydrogen-bond acceptors (Lipinski definition) is 3. The first-order valence-corrected chi connectivity index (χ1v) is 7.67. The SMILES string of the molecule is CCNC(=NCCOC)NC1CCN(c2ccccc2)C1. The molecule has 5 nitrogen and oxygen atoms in total. The first-order chi connectivity index (χ1) is 10.3. The largest absolute Gasteiger partial charge is 0.383 e. The van der Waals surface area contributed by atoms with Gasteiger partial charge in [-0.15, -0.1) is 0 Å². The van der Waals surface area contributed by atoms with Gasteiger partial charge in [-0.3, -0.25) is 4.99 Å². The van der Waals surface area contributed by atoms with E-state index in [0.29, 0.717) is 19.2 Å². The Bertz CT molecular complexity index is 435. The molecule has 0 bridgehead atoms. The molecule has 0 spiro atoms. The van der Waals surface area contributed by atoms with E-state index in [1.165, 1.54) is 5.69 Å². The number of benzene rings is 1. The Hall–Kier alpha value is -1.75. The van der Waals surface area contributed by atoms with Gasteiger partial charge in [-0.05, 0) is 25.5 Å². The van der Waals surface area contributed by atoms with Gasteiger partial charge in [0.1, 0.15) is 0 Å². The minimum absolute atomic E-state index is 0.436. The Balaban J connectivity index is 1.86. The molecule has 1 heterocycles. The van der Waals surface area contributed by atoms with Gasteiger partial charge in [0.05, 0.1) is 13.2 Å². The van der Waals surface area contributed by atoms with Gasteiger partial charge in [0.2, 0.25) is 0 Å². The van der Waals surface area contributed by atoms with Crippen LogP contribution >= 0.6 is 0 Å². The van der Waals surface area contributed by atoms with Gasteiger partial charge >= 0.3 is 0 Å². The maximum atomic E-state index is 5.04. The molecule has 2 N–H and O–H groups in total. The fourth-order valence-corrected chi connectivity index (χ4v) is 2.51. The van der Waals surface area contributed by atoms with Gasteiger partial charge in [-0.1, -0.05) is 18.2 Å². The Morgan fingerprint density at radius 1 is 1.38 bits per heavy atom. The Labute approximate surface area is 127 Å². The average Bonchev–Trinajstić information content (AvgIpc) is 2.97. The van der Waals surface area contributed by atoms with Gasteiger partial charge in [0.15, 0.2) is 5.96 Å². The third-order valence-electron chi connectivity index (χ3n) is 3.56. The smallest absolute Gasteiger partial charge is 0.191 e. The molecule has 1 aromatic carbocycles. The van der Waals surface area contributed by atoms with Crippen LogP contribution in [0, 0.1) is 0 Å². The van der Waals surface area contributed by atoms with Crippen LogP contribution in [0.1, 0.15) is 13.3 Å². The van der Waals surface area contributed by atoms with Crippen molar-refractivity contribution in [3.63, 3.8) is 0 Å². The molecule has 0 saturated carbocycles. The number of anilines is 1. The second-order valence-electron chi connectivity index (χ2n) is 5.16. The van der Waals surface area contributed by atoms with Crippen molar-refractivity contribution in [2.75, 3.05) is 44.8 Å². The van der Waals surface area contributed by atoms with Crippen LogP contribution in [0.4, 0.5) is 5.69 Å². The number of guanidine groups is 1. The van der Waals surface area contributed by atoms with Gasteiger partial charge in [0.25, 0.3) is 0 Å². The van der Waals surface area contributed by atoms with Crippen molar-refractivity contribution in [1.29, 1.82) is 0 Å². The molecule has 2 rings (SSSR count). The summed E-state index contributed by atoms with van der Waals surface area (Å²) in [7, 11) is 1.70. The number of nitrogens with one attached hydrogen (secondary N) is 2. The molecule has 1 aliphatic heterocycles. The van der Waals surface area contributed by atoms with Gasteiger partial charge in [-0.25, -0.2) is 0 Å². The summed E-state index contributed by atoms with van der Waals surface area (Å²) in [5, 5.41) is 6.80. The van der Waals surface area contributed by atoms with Crippen molar-refractivity contribution in [2.24, 2.45) is 4.99 Å². The first kappa shape index (κ1) is 15.6. The second-order valence-corrected chi connectivity index (χ2v) is 5.16.